The maximum atomic E-state index is 14.1. The van der Waals surface area contributed by atoms with Crippen molar-refractivity contribution in [3.05, 3.63) is 78.0 Å². The van der Waals surface area contributed by atoms with Gasteiger partial charge in [-0.25, -0.2) is 13.8 Å². The molecule has 0 fully saturated rings. The Bertz CT molecular complexity index is 1060. The molecule has 25 heavy (non-hydrogen) atoms. The molecule has 1 atom stereocenters. The minimum Gasteiger partial charge on any atom is -0.394 e. The van der Waals surface area contributed by atoms with Crippen LogP contribution >= 0.6 is 0 Å². The van der Waals surface area contributed by atoms with E-state index in [1.807, 2.05) is 47.0 Å². The van der Waals surface area contributed by atoms with Gasteiger partial charge in [-0.15, -0.1) is 0 Å². The summed E-state index contributed by atoms with van der Waals surface area (Å²) in [6.07, 6.45) is 1.91. The molecule has 0 aliphatic carbocycles. The third-order valence-electron chi connectivity index (χ3n) is 4.20. The van der Waals surface area contributed by atoms with Crippen LogP contribution in [0.4, 0.5) is 14.6 Å². The van der Waals surface area contributed by atoms with Gasteiger partial charge in [0.1, 0.15) is 11.6 Å². The van der Waals surface area contributed by atoms with Crippen molar-refractivity contribution in [3.63, 3.8) is 0 Å². The Morgan fingerprint density at radius 3 is 2.64 bits per heavy atom. The largest absolute Gasteiger partial charge is 0.394 e. The molecule has 0 saturated carbocycles. The van der Waals surface area contributed by atoms with Crippen LogP contribution in [0.5, 0.6) is 0 Å². The molecule has 2 heterocycles. The normalized spacial score (nSPS) is 12.6. The number of nitrogens with zero attached hydrogens (tertiary/aromatic N) is 2. The second-order valence-electron chi connectivity index (χ2n) is 5.76. The Labute approximate surface area is 142 Å². The molecule has 2 N–H and O–H groups in total. The monoisotopic (exact) mass is 339 g/mol. The van der Waals surface area contributed by atoms with Gasteiger partial charge in [0.25, 0.3) is 0 Å². The van der Waals surface area contributed by atoms with E-state index < -0.39 is 17.7 Å². The number of benzene rings is 2. The number of aromatic nitrogens is 2. The van der Waals surface area contributed by atoms with Crippen molar-refractivity contribution >= 4 is 22.4 Å². The Hall–Kier alpha value is -2.99. The highest BCUT2D eigenvalue weighted by Gasteiger charge is 2.18. The highest BCUT2D eigenvalue weighted by molar-refractivity contribution is 5.84. The lowest BCUT2D eigenvalue weighted by molar-refractivity contribution is 0.273. The first-order chi connectivity index (χ1) is 12.2. The molecule has 0 aliphatic heterocycles. The zero-order chi connectivity index (χ0) is 17.4. The summed E-state index contributed by atoms with van der Waals surface area (Å²) in [5, 5.41) is 12.8. The number of fused-ring (bicyclic) bond motifs is 3. The average Bonchev–Trinajstić information content (AvgIpc) is 3.10. The van der Waals surface area contributed by atoms with Gasteiger partial charge in [-0.3, -0.25) is 0 Å². The Kier molecular flexibility index (Phi) is 3.82. The van der Waals surface area contributed by atoms with E-state index in [2.05, 4.69) is 10.3 Å². The van der Waals surface area contributed by atoms with E-state index in [4.69, 9.17) is 0 Å². The molecule has 6 heteroatoms. The lowest BCUT2D eigenvalue weighted by Gasteiger charge is -2.19. The molecule has 4 aromatic rings. The number of nitrogens with one attached hydrogen (secondary N) is 1. The smallest absolute Gasteiger partial charge is 0.151 e. The van der Waals surface area contributed by atoms with Crippen LogP contribution in [0.1, 0.15) is 11.6 Å². The number of hydrogen-bond donors (Lipinski definition) is 2. The van der Waals surface area contributed by atoms with Crippen LogP contribution in [0, 0.1) is 11.6 Å². The number of hydrogen-bond acceptors (Lipinski definition) is 3. The fraction of sp³-hybridized carbons (Fsp3) is 0.105. The van der Waals surface area contributed by atoms with Crippen LogP contribution < -0.4 is 5.32 Å². The lowest BCUT2D eigenvalue weighted by atomic mass is 10.1. The second kappa shape index (κ2) is 6.14. The molecule has 0 spiro atoms. The van der Waals surface area contributed by atoms with Gasteiger partial charge in [0.05, 0.1) is 29.2 Å². The average molecular weight is 339 g/mol. The van der Waals surface area contributed by atoms with Crippen molar-refractivity contribution < 1.29 is 13.9 Å². The summed E-state index contributed by atoms with van der Waals surface area (Å²) in [6.45, 7) is -0.357. The minimum atomic E-state index is -0.743. The van der Waals surface area contributed by atoms with E-state index in [1.165, 1.54) is 12.1 Å². The van der Waals surface area contributed by atoms with Crippen LogP contribution in [-0.4, -0.2) is 21.1 Å². The first-order valence-electron chi connectivity index (χ1n) is 7.85. The van der Waals surface area contributed by atoms with Crippen molar-refractivity contribution in [2.24, 2.45) is 0 Å². The standard InChI is InChI=1S/C19H15F2N3O/c20-12-7-8-13(14(21)10-12)16(11-25)23-19-18-6-3-9-24(18)17-5-2-1-4-15(17)22-19/h1-10,16,25H,11H2,(H,22,23). The molecule has 1 unspecified atom stereocenters. The van der Waals surface area contributed by atoms with Crippen LogP contribution in [0.2, 0.25) is 0 Å². The van der Waals surface area contributed by atoms with Crippen molar-refractivity contribution in [1.82, 2.24) is 9.38 Å². The van der Waals surface area contributed by atoms with Crippen molar-refractivity contribution in [2.75, 3.05) is 11.9 Å². The molecule has 0 radical (unpaired) electrons. The van der Waals surface area contributed by atoms with E-state index in [0.717, 1.165) is 22.6 Å². The molecule has 2 aromatic carbocycles. The predicted molar refractivity (Wildman–Crippen MR) is 92.5 cm³/mol. The number of aliphatic hydroxyl groups excluding tert-OH is 1. The second-order valence-corrected chi connectivity index (χ2v) is 5.76. The summed E-state index contributed by atoms with van der Waals surface area (Å²) < 4.78 is 29.2. The molecule has 4 rings (SSSR count). The summed E-state index contributed by atoms with van der Waals surface area (Å²) in [7, 11) is 0. The summed E-state index contributed by atoms with van der Waals surface area (Å²) in [4.78, 5) is 4.60. The fourth-order valence-electron chi connectivity index (χ4n) is 3.00. The summed E-state index contributed by atoms with van der Waals surface area (Å²) in [6, 6.07) is 14.0. The molecular weight excluding hydrogens is 324 g/mol. The Balaban J connectivity index is 1.81. The zero-order valence-electron chi connectivity index (χ0n) is 13.2. The maximum Gasteiger partial charge on any atom is 0.151 e. The van der Waals surface area contributed by atoms with Gasteiger partial charge in [-0.2, -0.15) is 0 Å². The van der Waals surface area contributed by atoms with Gasteiger partial charge >= 0.3 is 0 Å². The van der Waals surface area contributed by atoms with E-state index >= 15 is 0 Å². The Morgan fingerprint density at radius 1 is 1.04 bits per heavy atom. The Morgan fingerprint density at radius 2 is 1.84 bits per heavy atom. The zero-order valence-corrected chi connectivity index (χ0v) is 13.2. The molecule has 2 aromatic heterocycles. The van der Waals surface area contributed by atoms with Gasteiger partial charge in [0.2, 0.25) is 0 Å². The molecule has 4 nitrogen and oxygen atoms in total. The number of para-hydroxylation sites is 2. The topological polar surface area (TPSA) is 49.6 Å². The third-order valence-corrected chi connectivity index (χ3v) is 4.20. The van der Waals surface area contributed by atoms with Crippen molar-refractivity contribution in [3.8, 4) is 0 Å². The van der Waals surface area contributed by atoms with Gasteiger partial charge in [-0.05, 0) is 30.3 Å². The number of aliphatic hydroxyl groups is 1. The number of halogens is 2. The number of rotatable bonds is 4. The van der Waals surface area contributed by atoms with Crippen molar-refractivity contribution in [2.45, 2.75) is 6.04 Å². The van der Waals surface area contributed by atoms with Crippen molar-refractivity contribution in [1.29, 1.82) is 0 Å². The summed E-state index contributed by atoms with van der Waals surface area (Å²) in [5.74, 6) is -0.846. The number of anilines is 1. The highest BCUT2D eigenvalue weighted by Crippen LogP contribution is 2.27. The molecule has 126 valence electrons. The first-order valence-corrected chi connectivity index (χ1v) is 7.85. The summed E-state index contributed by atoms with van der Waals surface area (Å²) in [5.41, 5.74) is 2.70. The van der Waals surface area contributed by atoms with Crippen LogP contribution in [-0.2, 0) is 0 Å². The van der Waals surface area contributed by atoms with Gasteiger partial charge in [0.15, 0.2) is 5.82 Å². The minimum absolute atomic E-state index is 0.184. The SMILES string of the molecule is OCC(Nc1nc2ccccc2n2cccc12)c1ccc(F)cc1F. The maximum absolute atomic E-state index is 14.1. The summed E-state index contributed by atoms with van der Waals surface area (Å²) >= 11 is 0. The van der Waals surface area contributed by atoms with E-state index in [-0.39, 0.29) is 12.2 Å². The van der Waals surface area contributed by atoms with Crippen LogP contribution in [0.25, 0.3) is 16.6 Å². The first kappa shape index (κ1) is 15.5. The van der Waals surface area contributed by atoms with E-state index in [0.29, 0.717) is 5.82 Å². The molecule has 0 amide bonds. The predicted octanol–water partition coefficient (Wildman–Crippen LogP) is 3.91. The molecule has 0 saturated heterocycles. The van der Waals surface area contributed by atoms with Crippen LogP contribution in [0.3, 0.4) is 0 Å². The molecule has 0 aliphatic rings. The molecule has 0 bridgehead atoms. The van der Waals surface area contributed by atoms with Crippen LogP contribution in [0.15, 0.2) is 60.8 Å². The van der Waals surface area contributed by atoms with Gasteiger partial charge in [0, 0.05) is 17.8 Å². The van der Waals surface area contributed by atoms with Gasteiger partial charge in [-0.1, -0.05) is 18.2 Å². The lowest BCUT2D eigenvalue weighted by Crippen LogP contribution is -2.18. The van der Waals surface area contributed by atoms with Gasteiger partial charge < -0.3 is 14.8 Å². The highest BCUT2D eigenvalue weighted by atomic mass is 19.1. The fourth-order valence-corrected chi connectivity index (χ4v) is 3.00. The molecular formula is C19H15F2N3O. The quantitative estimate of drug-likeness (QED) is 0.593. The third kappa shape index (κ3) is 2.70. The van der Waals surface area contributed by atoms with E-state index in [1.54, 1.807) is 0 Å². The van der Waals surface area contributed by atoms with E-state index in [9.17, 15) is 13.9 Å².